The lowest BCUT2D eigenvalue weighted by Gasteiger charge is -2.18. The molecule has 4 nitrogen and oxygen atoms in total. The quantitative estimate of drug-likeness (QED) is 0.500. The van der Waals surface area contributed by atoms with Crippen molar-refractivity contribution in [3.63, 3.8) is 0 Å². The van der Waals surface area contributed by atoms with Crippen LogP contribution in [0.15, 0.2) is 53.3 Å². The van der Waals surface area contributed by atoms with Gasteiger partial charge in [-0.2, -0.15) is 0 Å². The molecular weight excluding hydrogens is 404 g/mol. The summed E-state index contributed by atoms with van der Waals surface area (Å²) in [5.74, 6) is 0.174. The Balaban J connectivity index is 1.55. The van der Waals surface area contributed by atoms with Crippen molar-refractivity contribution < 1.29 is 8.78 Å². The van der Waals surface area contributed by atoms with Crippen LogP contribution >= 0.6 is 11.9 Å². The van der Waals surface area contributed by atoms with Crippen molar-refractivity contribution in [1.82, 2.24) is 4.57 Å². The maximum atomic E-state index is 14.4. The molecule has 2 atom stereocenters. The van der Waals surface area contributed by atoms with Crippen LogP contribution in [-0.2, 0) is 7.05 Å². The van der Waals surface area contributed by atoms with E-state index in [0.717, 1.165) is 17.5 Å². The van der Waals surface area contributed by atoms with E-state index in [4.69, 9.17) is 0 Å². The van der Waals surface area contributed by atoms with Gasteiger partial charge in [0.15, 0.2) is 0 Å². The van der Waals surface area contributed by atoms with Crippen molar-refractivity contribution >= 4 is 29.1 Å². The minimum atomic E-state index is -0.380. The summed E-state index contributed by atoms with van der Waals surface area (Å²) >= 11 is 1.54. The van der Waals surface area contributed by atoms with E-state index in [1.54, 1.807) is 38.2 Å². The molecule has 0 radical (unpaired) electrons. The number of halogens is 2. The van der Waals surface area contributed by atoms with E-state index in [1.807, 2.05) is 19.1 Å². The molecule has 4 rings (SSSR count). The first-order valence-corrected chi connectivity index (χ1v) is 10.6. The molecule has 3 aromatic rings. The molecule has 1 aromatic heterocycles. The molecule has 0 amide bonds. The molecule has 1 fully saturated rings. The van der Waals surface area contributed by atoms with Crippen LogP contribution in [0.4, 0.5) is 26.0 Å². The number of hydrogen-bond donors (Lipinski definition) is 2. The number of aromatic nitrogens is 1. The molecule has 0 spiro atoms. The first-order chi connectivity index (χ1) is 14.3. The number of nitrogens with zero attached hydrogens (tertiary/aromatic N) is 1. The number of nitrogens with one attached hydrogen (secondary N) is 2. The summed E-state index contributed by atoms with van der Waals surface area (Å²) in [5, 5.41) is 3.36. The van der Waals surface area contributed by atoms with Gasteiger partial charge < -0.3 is 10.0 Å². The van der Waals surface area contributed by atoms with E-state index in [-0.39, 0.29) is 23.1 Å². The molecule has 0 saturated heterocycles. The highest BCUT2D eigenvalue weighted by molar-refractivity contribution is 8.01. The molecule has 0 bridgehead atoms. The molecule has 1 aliphatic carbocycles. The second-order valence-electron chi connectivity index (χ2n) is 7.72. The molecular formula is C23H23F2N3OS. The van der Waals surface area contributed by atoms with Crippen molar-refractivity contribution in [2.75, 3.05) is 10.0 Å². The molecule has 2 aromatic carbocycles. The topological polar surface area (TPSA) is 46.1 Å². The van der Waals surface area contributed by atoms with Crippen LogP contribution in [0.5, 0.6) is 0 Å². The maximum Gasteiger partial charge on any atom is 0.254 e. The average molecular weight is 428 g/mol. The predicted octanol–water partition coefficient (Wildman–Crippen LogP) is 5.64. The van der Waals surface area contributed by atoms with E-state index in [9.17, 15) is 13.6 Å². The number of benzene rings is 2. The van der Waals surface area contributed by atoms with Crippen molar-refractivity contribution in [3.05, 3.63) is 87.2 Å². The smallest absolute Gasteiger partial charge is 0.254 e. The molecule has 7 heteroatoms. The minimum absolute atomic E-state index is 0.148. The molecule has 1 heterocycles. The van der Waals surface area contributed by atoms with E-state index in [2.05, 4.69) is 10.0 Å². The van der Waals surface area contributed by atoms with Gasteiger partial charge in [-0.15, -0.1) is 0 Å². The van der Waals surface area contributed by atoms with Crippen LogP contribution in [0.3, 0.4) is 0 Å². The molecule has 30 heavy (non-hydrogen) atoms. The lowest BCUT2D eigenvalue weighted by atomic mass is 10.1. The molecule has 0 aliphatic heterocycles. The first-order valence-electron chi connectivity index (χ1n) is 9.74. The molecule has 1 aliphatic rings. The summed E-state index contributed by atoms with van der Waals surface area (Å²) in [5.41, 5.74) is 3.26. The molecule has 156 valence electrons. The van der Waals surface area contributed by atoms with Crippen LogP contribution in [-0.4, -0.2) is 9.82 Å². The SMILES string of the molecule is Cc1ccc(Nc2c(NSC3CC3c3cccc(F)c3)cc(C)c(=O)n2C)c(F)c1. The second kappa shape index (κ2) is 8.14. The van der Waals surface area contributed by atoms with Gasteiger partial charge in [0.25, 0.3) is 5.56 Å². The van der Waals surface area contributed by atoms with Crippen LogP contribution in [0.2, 0.25) is 0 Å². The van der Waals surface area contributed by atoms with Gasteiger partial charge in [0.1, 0.15) is 17.5 Å². The number of pyridine rings is 1. The summed E-state index contributed by atoms with van der Waals surface area (Å²) in [6.45, 7) is 3.57. The Bertz CT molecular complexity index is 1160. The summed E-state index contributed by atoms with van der Waals surface area (Å²) < 4.78 is 32.7. The predicted molar refractivity (Wildman–Crippen MR) is 120 cm³/mol. The van der Waals surface area contributed by atoms with Gasteiger partial charge in [-0.25, -0.2) is 8.78 Å². The zero-order chi connectivity index (χ0) is 21.4. The minimum Gasteiger partial charge on any atom is -0.337 e. The summed E-state index contributed by atoms with van der Waals surface area (Å²) in [6, 6.07) is 13.4. The molecule has 2 N–H and O–H groups in total. The summed E-state index contributed by atoms with van der Waals surface area (Å²) in [4.78, 5) is 12.4. The Kier molecular flexibility index (Phi) is 5.56. The lowest BCUT2D eigenvalue weighted by Crippen LogP contribution is -2.22. The zero-order valence-electron chi connectivity index (χ0n) is 17.0. The number of rotatable bonds is 6. The van der Waals surface area contributed by atoms with Crippen LogP contribution in [0, 0.1) is 25.5 Å². The third kappa shape index (κ3) is 4.21. The van der Waals surface area contributed by atoms with Gasteiger partial charge in [0.05, 0.1) is 11.4 Å². The van der Waals surface area contributed by atoms with E-state index < -0.39 is 0 Å². The van der Waals surface area contributed by atoms with E-state index in [1.165, 1.54) is 28.6 Å². The zero-order valence-corrected chi connectivity index (χ0v) is 17.8. The fraction of sp³-hybridized carbons (Fsp3) is 0.261. The standard InChI is InChI=1S/C23H23F2N3OS/c1-13-7-8-19(18(25)9-13)26-22-20(10-14(2)23(29)28(22)3)27-30-21-12-17(21)15-5-4-6-16(24)11-15/h4-11,17,21,26-27H,12H2,1-3H3. The Morgan fingerprint density at radius 3 is 2.60 bits per heavy atom. The number of anilines is 3. The van der Waals surface area contributed by atoms with Crippen molar-refractivity contribution in [1.29, 1.82) is 0 Å². The third-order valence-corrected chi connectivity index (χ3v) is 6.46. The highest BCUT2D eigenvalue weighted by Crippen LogP contribution is 2.49. The lowest BCUT2D eigenvalue weighted by molar-refractivity contribution is 0.625. The fourth-order valence-electron chi connectivity index (χ4n) is 3.50. The number of aryl methyl sites for hydroxylation is 2. The van der Waals surface area contributed by atoms with E-state index in [0.29, 0.717) is 28.0 Å². The van der Waals surface area contributed by atoms with Crippen molar-refractivity contribution in [2.45, 2.75) is 31.4 Å². The fourth-order valence-corrected chi connectivity index (χ4v) is 4.56. The van der Waals surface area contributed by atoms with Crippen LogP contribution < -0.4 is 15.6 Å². The summed E-state index contributed by atoms with van der Waals surface area (Å²) in [7, 11) is 1.66. The van der Waals surface area contributed by atoms with Gasteiger partial charge in [0.2, 0.25) is 0 Å². The second-order valence-corrected chi connectivity index (χ2v) is 8.76. The Morgan fingerprint density at radius 1 is 1.07 bits per heavy atom. The molecule has 1 saturated carbocycles. The normalized spacial score (nSPS) is 17.6. The van der Waals surface area contributed by atoms with Crippen LogP contribution in [0.1, 0.15) is 29.0 Å². The Labute approximate surface area is 178 Å². The van der Waals surface area contributed by atoms with Crippen molar-refractivity contribution in [2.24, 2.45) is 7.05 Å². The Morgan fingerprint density at radius 2 is 1.87 bits per heavy atom. The van der Waals surface area contributed by atoms with Gasteiger partial charge >= 0.3 is 0 Å². The third-order valence-electron chi connectivity index (χ3n) is 5.30. The van der Waals surface area contributed by atoms with Crippen molar-refractivity contribution in [3.8, 4) is 0 Å². The number of hydrogen-bond acceptors (Lipinski definition) is 4. The van der Waals surface area contributed by atoms with Gasteiger partial charge in [-0.05, 0) is 79.6 Å². The van der Waals surface area contributed by atoms with Gasteiger partial charge in [-0.1, -0.05) is 18.2 Å². The highest BCUT2D eigenvalue weighted by atomic mass is 32.2. The first kappa shape index (κ1) is 20.5. The van der Waals surface area contributed by atoms with E-state index >= 15 is 0 Å². The Hall–Kier alpha value is -2.80. The highest BCUT2D eigenvalue weighted by Gasteiger charge is 2.39. The monoisotopic (exact) mass is 427 g/mol. The largest absolute Gasteiger partial charge is 0.337 e. The molecule has 2 unspecified atom stereocenters. The van der Waals surface area contributed by atoms with Gasteiger partial charge in [0, 0.05) is 17.9 Å². The van der Waals surface area contributed by atoms with Crippen LogP contribution in [0.25, 0.3) is 0 Å². The summed E-state index contributed by atoms with van der Waals surface area (Å²) in [6.07, 6.45) is 0.946. The van der Waals surface area contributed by atoms with Gasteiger partial charge in [-0.3, -0.25) is 9.36 Å². The maximum absolute atomic E-state index is 14.4. The average Bonchev–Trinajstić information content (AvgIpc) is 3.48.